The third kappa shape index (κ3) is 4.17. The van der Waals surface area contributed by atoms with Crippen molar-refractivity contribution < 1.29 is 9.53 Å². The second kappa shape index (κ2) is 7.23. The van der Waals surface area contributed by atoms with Crippen molar-refractivity contribution >= 4 is 11.7 Å². The molecule has 2 N–H and O–H groups in total. The van der Waals surface area contributed by atoms with Crippen LogP contribution in [0.4, 0.5) is 10.5 Å². The summed E-state index contributed by atoms with van der Waals surface area (Å²) >= 11 is 0. The van der Waals surface area contributed by atoms with Gasteiger partial charge in [0.1, 0.15) is 5.69 Å². The van der Waals surface area contributed by atoms with E-state index in [9.17, 15) is 4.79 Å². The molecule has 2 amide bonds. The average Bonchev–Trinajstić information content (AvgIpc) is 2.50. The van der Waals surface area contributed by atoms with Crippen molar-refractivity contribution in [2.24, 2.45) is 0 Å². The maximum absolute atomic E-state index is 12.0. The molecule has 2 aromatic heterocycles. The van der Waals surface area contributed by atoms with Crippen LogP contribution < -0.4 is 15.4 Å². The largest absolute Gasteiger partial charge is 0.476 e. The Kier molecular flexibility index (Phi) is 5.09. The van der Waals surface area contributed by atoms with Gasteiger partial charge in [-0.3, -0.25) is 4.98 Å². The van der Waals surface area contributed by atoms with E-state index >= 15 is 0 Å². The van der Waals surface area contributed by atoms with E-state index in [1.165, 1.54) is 0 Å². The van der Waals surface area contributed by atoms with Gasteiger partial charge in [-0.15, -0.1) is 0 Å². The Bertz CT molecular complexity index is 589. The zero-order chi connectivity index (χ0) is 15.1. The molecular weight excluding hydrogens is 268 g/mol. The van der Waals surface area contributed by atoms with E-state index in [0.29, 0.717) is 18.2 Å². The Balaban J connectivity index is 1.99. The van der Waals surface area contributed by atoms with Gasteiger partial charge in [0.05, 0.1) is 12.6 Å². The Morgan fingerprint density at radius 1 is 1.33 bits per heavy atom. The fourth-order valence-electron chi connectivity index (χ4n) is 1.81. The summed E-state index contributed by atoms with van der Waals surface area (Å²) < 4.78 is 5.36. The molecule has 1 unspecified atom stereocenters. The van der Waals surface area contributed by atoms with Gasteiger partial charge < -0.3 is 15.4 Å². The molecule has 0 saturated heterocycles. The van der Waals surface area contributed by atoms with E-state index in [2.05, 4.69) is 20.6 Å². The molecule has 110 valence electrons. The summed E-state index contributed by atoms with van der Waals surface area (Å²) in [5, 5.41) is 5.58. The van der Waals surface area contributed by atoms with Gasteiger partial charge in [-0.25, -0.2) is 9.78 Å². The number of anilines is 1. The standard InChI is InChI=1S/C15H18N4O2/c1-3-21-14-13(7-5-9-17-14)19-15(20)18-11(2)12-6-4-8-16-10-12/h4-11H,3H2,1-2H3,(H2,18,19,20). The molecule has 6 heteroatoms. The molecule has 0 aliphatic carbocycles. The minimum atomic E-state index is -0.319. The van der Waals surface area contributed by atoms with E-state index in [1.807, 2.05) is 26.0 Å². The van der Waals surface area contributed by atoms with Gasteiger partial charge in [0.25, 0.3) is 0 Å². The van der Waals surface area contributed by atoms with Gasteiger partial charge in [-0.1, -0.05) is 6.07 Å². The zero-order valence-corrected chi connectivity index (χ0v) is 12.0. The highest BCUT2D eigenvalue weighted by atomic mass is 16.5. The fraction of sp³-hybridized carbons (Fsp3) is 0.267. The predicted molar refractivity (Wildman–Crippen MR) is 80.2 cm³/mol. The average molecular weight is 286 g/mol. The van der Waals surface area contributed by atoms with Gasteiger partial charge in [-0.2, -0.15) is 0 Å². The minimum Gasteiger partial charge on any atom is -0.476 e. The van der Waals surface area contributed by atoms with Crippen molar-refractivity contribution in [1.29, 1.82) is 0 Å². The highest BCUT2D eigenvalue weighted by Gasteiger charge is 2.12. The molecule has 0 aliphatic rings. The first-order valence-electron chi connectivity index (χ1n) is 6.76. The highest BCUT2D eigenvalue weighted by molar-refractivity contribution is 5.90. The number of amides is 2. The Morgan fingerprint density at radius 3 is 2.86 bits per heavy atom. The summed E-state index contributed by atoms with van der Waals surface area (Å²) in [7, 11) is 0. The maximum atomic E-state index is 12.0. The number of nitrogens with zero attached hydrogens (tertiary/aromatic N) is 2. The summed E-state index contributed by atoms with van der Waals surface area (Å²) in [6, 6.07) is 6.76. The number of carbonyl (C=O) groups excluding carboxylic acids is 1. The van der Waals surface area contributed by atoms with Crippen LogP contribution in [0, 0.1) is 0 Å². The van der Waals surface area contributed by atoms with Gasteiger partial charge in [0.2, 0.25) is 5.88 Å². The summed E-state index contributed by atoms with van der Waals surface area (Å²) in [6.07, 6.45) is 5.03. The van der Waals surface area contributed by atoms with Crippen LogP contribution >= 0.6 is 0 Å². The van der Waals surface area contributed by atoms with Crippen LogP contribution in [0.1, 0.15) is 25.5 Å². The van der Waals surface area contributed by atoms with Crippen LogP contribution in [0.5, 0.6) is 5.88 Å². The summed E-state index contributed by atoms with van der Waals surface area (Å²) in [5.74, 6) is 0.407. The number of pyridine rings is 2. The molecule has 1 atom stereocenters. The third-order valence-corrected chi connectivity index (χ3v) is 2.83. The number of hydrogen-bond donors (Lipinski definition) is 2. The second-order valence-corrected chi connectivity index (χ2v) is 4.40. The van der Waals surface area contributed by atoms with Crippen molar-refractivity contribution in [2.75, 3.05) is 11.9 Å². The fourth-order valence-corrected chi connectivity index (χ4v) is 1.81. The van der Waals surface area contributed by atoms with Crippen molar-refractivity contribution in [3.63, 3.8) is 0 Å². The van der Waals surface area contributed by atoms with Crippen molar-refractivity contribution in [3.8, 4) is 5.88 Å². The smallest absolute Gasteiger partial charge is 0.319 e. The highest BCUT2D eigenvalue weighted by Crippen LogP contribution is 2.20. The van der Waals surface area contributed by atoms with Crippen LogP contribution in [0.2, 0.25) is 0 Å². The van der Waals surface area contributed by atoms with E-state index in [4.69, 9.17) is 4.74 Å². The van der Waals surface area contributed by atoms with Gasteiger partial charge in [0, 0.05) is 18.6 Å². The second-order valence-electron chi connectivity index (χ2n) is 4.40. The summed E-state index contributed by atoms with van der Waals surface area (Å²) in [4.78, 5) is 20.1. The molecule has 2 rings (SSSR count). The van der Waals surface area contributed by atoms with Crippen LogP contribution in [0.25, 0.3) is 0 Å². The van der Waals surface area contributed by atoms with E-state index in [0.717, 1.165) is 5.56 Å². The van der Waals surface area contributed by atoms with Crippen molar-refractivity contribution in [1.82, 2.24) is 15.3 Å². The number of urea groups is 1. The Hall–Kier alpha value is -2.63. The van der Waals surface area contributed by atoms with Crippen LogP contribution in [0.15, 0.2) is 42.9 Å². The molecular formula is C15H18N4O2. The van der Waals surface area contributed by atoms with Crippen LogP contribution in [-0.4, -0.2) is 22.6 Å². The lowest BCUT2D eigenvalue weighted by Gasteiger charge is -2.15. The molecule has 0 bridgehead atoms. The first-order chi connectivity index (χ1) is 10.2. The number of hydrogen-bond acceptors (Lipinski definition) is 4. The summed E-state index contributed by atoms with van der Waals surface area (Å²) in [5.41, 5.74) is 1.47. The number of rotatable bonds is 5. The van der Waals surface area contributed by atoms with E-state index < -0.39 is 0 Å². The Labute approximate surface area is 123 Å². The topological polar surface area (TPSA) is 76.1 Å². The quantitative estimate of drug-likeness (QED) is 0.886. The minimum absolute atomic E-state index is 0.147. The summed E-state index contributed by atoms with van der Waals surface area (Å²) in [6.45, 7) is 4.24. The molecule has 2 aromatic rings. The zero-order valence-electron chi connectivity index (χ0n) is 12.0. The number of nitrogens with one attached hydrogen (secondary N) is 2. The molecule has 0 saturated carbocycles. The first-order valence-corrected chi connectivity index (χ1v) is 6.76. The Morgan fingerprint density at radius 2 is 2.14 bits per heavy atom. The molecule has 0 aliphatic heterocycles. The first kappa shape index (κ1) is 14.8. The normalized spacial score (nSPS) is 11.5. The molecule has 0 fully saturated rings. The molecule has 21 heavy (non-hydrogen) atoms. The number of carbonyl (C=O) groups is 1. The number of aromatic nitrogens is 2. The molecule has 0 spiro atoms. The molecule has 2 heterocycles. The maximum Gasteiger partial charge on any atom is 0.319 e. The van der Waals surface area contributed by atoms with Crippen molar-refractivity contribution in [2.45, 2.75) is 19.9 Å². The molecule has 0 aromatic carbocycles. The lowest BCUT2D eigenvalue weighted by Crippen LogP contribution is -2.31. The SMILES string of the molecule is CCOc1ncccc1NC(=O)NC(C)c1cccnc1. The van der Waals surface area contributed by atoms with Gasteiger partial charge in [0.15, 0.2) is 0 Å². The van der Waals surface area contributed by atoms with Crippen LogP contribution in [0.3, 0.4) is 0 Å². The molecule has 6 nitrogen and oxygen atoms in total. The van der Waals surface area contributed by atoms with E-state index in [1.54, 1.807) is 30.7 Å². The van der Waals surface area contributed by atoms with Gasteiger partial charge >= 0.3 is 6.03 Å². The lowest BCUT2D eigenvalue weighted by molar-refractivity contribution is 0.249. The van der Waals surface area contributed by atoms with Gasteiger partial charge in [-0.05, 0) is 37.6 Å². The monoisotopic (exact) mass is 286 g/mol. The third-order valence-electron chi connectivity index (χ3n) is 2.83. The lowest BCUT2D eigenvalue weighted by atomic mass is 10.1. The number of ether oxygens (including phenoxy) is 1. The van der Waals surface area contributed by atoms with Crippen LogP contribution in [-0.2, 0) is 0 Å². The molecule has 0 radical (unpaired) electrons. The van der Waals surface area contributed by atoms with E-state index in [-0.39, 0.29) is 12.1 Å². The predicted octanol–water partition coefficient (Wildman–Crippen LogP) is 2.76. The van der Waals surface area contributed by atoms with Crippen molar-refractivity contribution in [3.05, 3.63) is 48.4 Å².